The first-order valence-corrected chi connectivity index (χ1v) is 15.7. The number of hydrogen-bond donors (Lipinski definition) is 3. The third-order valence-electron chi connectivity index (χ3n) is 7.59. The van der Waals surface area contributed by atoms with Crippen molar-refractivity contribution in [2.45, 2.75) is 41.9 Å². The number of morpholine rings is 1. The highest BCUT2D eigenvalue weighted by Gasteiger charge is 2.29. The van der Waals surface area contributed by atoms with Crippen molar-refractivity contribution in [3.05, 3.63) is 130 Å². The molecular formula is C34H33ClF3N3O2S. The maximum absolute atomic E-state index is 15.1. The van der Waals surface area contributed by atoms with E-state index in [0.717, 1.165) is 17.2 Å². The lowest BCUT2D eigenvalue weighted by Gasteiger charge is -2.31. The molecule has 0 radical (unpaired) electrons. The summed E-state index contributed by atoms with van der Waals surface area (Å²) < 4.78 is 48.8. The zero-order valence-corrected chi connectivity index (χ0v) is 25.4. The summed E-state index contributed by atoms with van der Waals surface area (Å²) in [6, 6.07) is 22.4. The molecule has 230 valence electrons. The van der Waals surface area contributed by atoms with E-state index in [-0.39, 0.29) is 12.2 Å². The second kappa shape index (κ2) is 15.1. The number of hydrogen-bond acceptors (Lipinski definition) is 5. The van der Waals surface area contributed by atoms with Gasteiger partial charge < -0.3 is 21.1 Å². The zero-order chi connectivity index (χ0) is 31.1. The van der Waals surface area contributed by atoms with Crippen LogP contribution in [0.5, 0.6) is 0 Å². The summed E-state index contributed by atoms with van der Waals surface area (Å²) in [5.41, 5.74) is 8.35. The van der Waals surface area contributed by atoms with Gasteiger partial charge in [0, 0.05) is 45.9 Å². The Bertz CT molecular complexity index is 1500. The summed E-state index contributed by atoms with van der Waals surface area (Å²) in [5, 5.41) is 6.91. The standard InChI is InChI=1S/C34H33ClF3N3O2S/c35-23-8-15-28(16-9-23)44-20-27-19-40-18-26(43-27)14-17-29-30(38)2-1-3-31(29)41-34(42)33(39)32(21-4-10-24(36)11-5-21)22-6-12-25(37)13-7-22/h1-13,15-16,26-27,32-33,40H,14,17-20,39H2,(H,41,42)/t26-,27+,33+/m1/s1. The van der Waals surface area contributed by atoms with E-state index >= 15 is 4.39 Å². The fourth-order valence-electron chi connectivity index (χ4n) is 5.31. The largest absolute Gasteiger partial charge is 0.371 e. The Kier molecular flexibility index (Phi) is 11.0. The molecule has 1 amide bonds. The van der Waals surface area contributed by atoms with E-state index in [1.54, 1.807) is 42.1 Å². The van der Waals surface area contributed by atoms with Crippen LogP contribution in [0.4, 0.5) is 18.9 Å². The van der Waals surface area contributed by atoms with Crippen molar-refractivity contribution in [2.75, 3.05) is 24.2 Å². The van der Waals surface area contributed by atoms with Crippen LogP contribution in [0.3, 0.4) is 0 Å². The summed E-state index contributed by atoms with van der Waals surface area (Å²) >= 11 is 7.67. The highest BCUT2D eigenvalue weighted by Crippen LogP contribution is 2.30. The van der Waals surface area contributed by atoms with Gasteiger partial charge in [0.1, 0.15) is 17.5 Å². The Morgan fingerprint density at radius 3 is 2.16 bits per heavy atom. The molecule has 1 fully saturated rings. The van der Waals surface area contributed by atoms with Crippen LogP contribution < -0.4 is 16.4 Å². The van der Waals surface area contributed by atoms with Gasteiger partial charge in [0.05, 0.1) is 18.2 Å². The smallest absolute Gasteiger partial charge is 0.242 e. The second-order valence-corrected chi connectivity index (χ2v) is 12.2. The molecular weight excluding hydrogens is 607 g/mol. The second-order valence-electron chi connectivity index (χ2n) is 10.7. The first-order valence-electron chi connectivity index (χ1n) is 14.4. The Morgan fingerprint density at radius 1 is 0.909 bits per heavy atom. The molecule has 4 aromatic carbocycles. The van der Waals surface area contributed by atoms with Crippen LogP contribution in [-0.4, -0.2) is 43.0 Å². The lowest BCUT2D eigenvalue weighted by atomic mass is 9.85. The van der Waals surface area contributed by atoms with Gasteiger partial charge in [-0.3, -0.25) is 4.79 Å². The molecule has 0 bridgehead atoms. The van der Waals surface area contributed by atoms with E-state index in [9.17, 15) is 13.6 Å². The van der Waals surface area contributed by atoms with E-state index < -0.39 is 35.3 Å². The summed E-state index contributed by atoms with van der Waals surface area (Å²) in [5.74, 6) is -1.80. The van der Waals surface area contributed by atoms with Crippen molar-refractivity contribution in [1.29, 1.82) is 0 Å². The predicted octanol–water partition coefficient (Wildman–Crippen LogP) is 6.94. The normalized spacial score (nSPS) is 17.4. The monoisotopic (exact) mass is 639 g/mol. The molecule has 10 heteroatoms. The Morgan fingerprint density at radius 2 is 1.52 bits per heavy atom. The number of anilines is 1. The quantitative estimate of drug-likeness (QED) is 0.155. The fraction of sp³-hybridized carbons (Fsp3) is 0.265. The number of ether oxygens (including phenoxy) is 1. The van der Waals surface area contributed by atoms with Gasteiger partial charge in [-0.15, -0.1) is 11.8 Å². The maximum atomic E-state index is 15.1. The lowest BCUT2D eigenvalue weighted by Crippen LogP contribution is -2.46. The SMILES string of the molecule is N[C@H](C(=O)Nc1cccc(F)c1CC[C@@H]1CNC[C@@H](CSc2ccc(Cl)cc2)O1)C(c1ccc(F)cc1)c1ccc(F)cc1. The molecule has 5 rings (SSSR count). The number of rotatable bonds is 11. The van der Waals surface area contributed by atoms with Crippen molar-refractivity contribution in [2.24, 2.45) is 5.73 Å². The summed E-state index contributed by atoms with van der Waals surface area (Å²) in [6.07, 6.45) is 0.729. The van der Waals surface area contributed by atoms with Crippen LogP contribution in [0.15, 0.2) is 95.9 Å². The third-order valence-corrected chi connectivity index (χ3v) is 8.99. The summed E-state index contributed by atoms with van der Waals surface area (Å²) in [7, 11) is 0. The minimum absolute atomic E-state index is 0.0120. The van der Waals surface area contributed by atoms with Gasteiger partial charge in [0.2, 0.25) is 5.91 Å². The van der Waals surface area contributed by atoms with Crippen LogP contribution in [0.2, 0.25) is 5.02 Å². The number of carbonyl (C=O) groups is 1. The van der Waals surface area contributed by atoms with E-state index in [0.29, 0.717) is 46.8 Å². The molecule has 1 saturated heterocycles. The van der Waals surface area contributed by atoms with E-state index in [4.69, 9.17) is 22.1 Å². The van der Waals surface area contributed by atoms with Crippen LogP contribution in [0, 0.1) is 17.5 Å². The van der Waals surface area contributed by atoms with Crippen molar-refractivity contribution >= 4 is 35.0 Å². The molecule has 3 atom stereocenters. The number of nitrogens with two attached hydrogens (primary N) is 1. The Balaban J connectivity index is 1.25. The van der Waals surface area contributed by atoms with Gasteiger partial charge in [0.25, 0.3) is 0 Å². The number of halogens is 4. The van der Waals surface area contributed by atoms with Crippen molar-refractivity contribution in [3.8, 4) is 0 Å². The van der Waals surface area contributed by atoms with Gasteiger partial charge in [-0.25, -0.2) is 13.2 Å². The lowest BCUT2D eigenvalue weighted by molar-refractivity contribution is -0.117. The van der Waals surface area contributed by atoms with Gasteiger partial charge >= 0.3 is 0 Å². The molecule has 1 aliphatic rings. The van der Waals surface area contributed by atoms with Gasteiger partial charge in [-0.2, -0.15) is 0 Å². The van der Waals surface area contributed by atoms with Crippen molar-refractivity contribution in [1.82, 2.24) is 5.32 Å². The molecule has 44 heavy (non-hydrogen) atoms. The Labute approximate surface area is 264 Å². The van der Waals surface area contributed by atoms with E-state index in [2.05, 4.69) is 10.6 Å². The predicted molar refractivity (Wildman–Crippen MR) is 170 cm³/mol. The third kappa shape index (κ3) is 8.43. The van der Waals surface area contributed by atoms with E-state index in [1.165, 1.54) is 36.4 Å². The molecule has 0 aliphatic carbocycles. The molecule has 0 saturated carbocycles. The number of nitrogens with one attached hydrogen (secondary N) is 2. The molecule has 0 unspecified atom stereocenters. The number of benzene rings is 4. The maximum Gasteiger partial charge on any atom is 0.242 e. The zero-order valence-electron chi connectivity index (χ0n) is 23.8. The number of thioether (sulfide) groups is 1. The Hall–Kier alpha value is -3.34. The molecule has 4 aromatic rings. The molecule has 1 heterocycles. The highest BCUT2D eigenvalue weighted by atomic mass is 35.5. The molecule has 5 nitrogen and oxygen atoms in total. The highest BCUT2D eigenvalue weighted by molar-refractivity contribution is 7.99. The average Bonchev–Trinajstić information content (AvgIpc) is 3.02. The first-order chi connectivity index (χ1) is 21.3. The van der Waals surface area contributed by atoms with Gasteiger partial charge in [0.15, 0.2) is 0 Å². The van der Waals surface area contributed by atoms with Gasteiger partial charge in [-0.05, 0) is 84.6 Å². The summed E-state index contributed by atoms with van der Waals surface area (Å²) in [6.45, 7) is 1.36. The van der Waals surface area contributed by atoms with E-state index in [1.807, 2.05) is 24.3 Å². The minimum atomic E-state index is -1.13. The first kappa shape index (κ1) is 32.1. The van der Waals surface area contributed by atoms with Crippen LogP contribution in [0.1, 0.15) is 29.0 Å². The van der Waals surface area contributed by atoms with Gasteiger partial charge in [-0.1, -0.05) is 41.9 Å². The van der Waals surface area contributed by atoms with Crippen molar-refractivity contribution in [3.63, 3.8) is 0 Å². The fourth-order valence-corrected chi connectivity index (χ4v) is 6.34. The summed E-state index contributed by atoms with van der Waals surface area (Å²) in [4.78, 5) is 14.6. The molecule has 0 spiro atoms. The average molecular weight is 640 g/mol. The number of carbonyl (C=O) groups excluding carboxylic acids is 1. The molecule has 4 N–H and O–H groups in total. The number of amides is 1. The molecule has 1 aliphatic heterocycles. The molecule has 0 aromatic heterocycles. The van der Waals surface area contributed by atoms with Crippen LogP contribution in [-0.2, 0) is 16.0 Å². The minimum Gasteiger partial charge on any atom is -0.371 e. The van der Waals surface area contributed by atoms with Crippen molar-refractivity contribution < 1.29 is 22.7 Å². The van der Waals surface area contributed by atoms with Crippen LogP contribution in [0.25, 0.3) is 0 Å². The van der Waals surface area contributed by atoms with Crippen LogP contribution >= 0.6 is 23.4 Å². The topological polar surface area (TPSA) is 76.4 Å².